The van der Waals surface area contributed by atoms with Gasteiger partial charge in [0.15, 0.2) is 0 Å². The van der Waals surface area contributed by atoms with Crippen LogP contribution >= 0.6 is 22.6 Å². The van der Waals surface area contributed by atoms with Crippen LogP contribution in [0.3, 0.4) is 0 Å². The smallest absolute Gasteiger partial charge is 0.0576 e. The van der Waals surface area contributed by atoms with Crippen molar-refractivity contribution in [2.75, 3.05) is 11.1 Å². The molecule has 1 aromatic carbocycles. The van der Waals surface area contributed by atoms with Crippen molar-refractivity contribution in [2.24, 2.45) is 5.92 Å². The monoisotopic (exact) mass is 330 g/mol. The lowest BCUT2D eigenvalue weighted by atomic mass is 9.87. The molecule has 0 heterocycles. The maximum Gasteiger partial charge on any atom is 0.0576 e. The number of benzene rings is 1. The summed E-state index contributed by atoms with van der Waals surface area (Å²) in [6, 6.07) is 6.82. The van der Waals surface area contributed by atoms with Crippen LogP contribution in [0.2, 0.25) is 0 Å². The summed E-state index contributed by atoms with van der Waals surface area (Å²) in [6.45, 7) is 2.34. The van der Waals surface area contributed by atoms with Crippen molar-refractivity contribution in [3.8, 4) is 0 Å². The van der Waals surface area contributed by atoms with Gasteiger partial charge in [-0.15, -0.1) is 0 Å². The van der Waals surface area contributed by atoms with Crippen LogP contribution in [0.15, 0.2) is 18.2 Å². The summed E-state index contributed by atoms with van der Waals surface area (Å²) in [5.41, 5.74) is 7.97. The molecule has 1 fully saturated rings. The van der Waals surface area contributed by atoms with Crippen LogP contribution < -0.4 is 11.1 Å². The highest BCUT2D eigenvalue weighted by atomic mass is 127. The summed E-state index contributed by atoms with van der Waals surface area (Å²) in [6.07, 6.45) is 5.25. The van der Waals surface area contributed by atoms with Gasteiger partial charge in [-0.1, -0.05) is 19.8 Å². The Balaban J connectivity index is 2.02. The molecule has 0 aromatic heterocycles. The summed E-state index contributed by atoms with van der Waals surface area (Å²) in [5.74, 6) is 0.844. The van der Waals surface area contributed by atoms with E-state index < -0.39 is 0 Å². The molecule has 16 heavy (non-hydrogen) atoms. The molecule has 0 spiro atoms. The van der Waals surface area contributed by atoms with E-state index in [1.807, 2.05) is 6.07 Å². The third kappa shape index (κ3) is 3.03. The van der Waals surface area contributed by atoms with Crippen molar-refractivity contribution in [3.63, 3.8) is 0 Å². The van der Waals surface area contributed by atoms with Crippen LogP contribution in [-0.2, 0) is 0 Å². The largest absolute Gasteiger partial charge is 0.397 e. The minimum absolute atomic E-state index is 0.603. The maximum absolute atomic E-state index is 6.01. The average molecular weight is 330 g/mol. The summed E-state index contributed by atoms with van der Waals surface area (Å²) in [5, 5.41) is 3.58. The van der Waals surface area contributed by atoms with Gasteiger partial charge in [-0.3, -0.25) is 0 Å². The highest BCUT2D eigenvalue weighted by Gasteiger charge is 2.18. The van der Waals surface area contributed by atoms with E-state index in [2.05, 4.69) is 47.0 Å². The van der Waals surface area contributed by atoms with Crippen LogP contribution in [0, 0.1) is 9.49 Å². The Morgan fingerprint density at radius 3 is 2.88 bits per heavy atom. The van der Waals surface area contributed by atoms with Crippen LogP contribution in [0.4, 0.5) is 11.4 Å². The second-order valence-electron chi connectivity index (χ2n) is 4.84. The van der Waals surface area contributed by atoms with Crippen molar-refractivity contribution in [1.29, 1.82) is 0 Å². The van der Waals surface area contributed by atoms with Gasteiger partial charge >= 0.3 is 0 Å². The van der Waals surface area contributed by atoms with Gasteiger partial charge in [0.05, 0.1) is 11.4 Å². The number of nitrogens with two attached hydrogens (primary N) is 1. The van der Waals surface area contributed by atoms with E-state index in [9.17, 15) is 0 Å². The van der Waals surface area contributed by atoms with Crippen LogP contribution in [-0.4, -0.2) is 6.04 Å². The Morgan fingerprint density at radius 2 is 2.19 bits per heavy atom. The molecule has 1 aliphatic carbocycles. The quantitative estimate of drug-likeness (QED) is 0.638. The standard InChI is InChI=1S/C13H19IN2/c1-9-3-2-4-11(7-9)16-13-6-5-10(14)8-12(13)15/h5-6,8-9,11,16H,2-4,7,15H2,1H3. The van der Waals surface area contributed by atoms with Gasteiger partial charge in [-0.2, -0.15) is 0 Å². The van der Waals surface area contributed by atoms with Crippen molar-refractivity contribution in [3.05, 3.63) is 21.8 Å². The first kappa shape index (κ1) is 12.0. The fourth-order valence-corrected chi connectivity index (χ4v) is 2.97. The molecule has 1 aliphatic rings. The molecule has 2 unspecified atom stereocenters. The number of halogens is 1. The highest BCUT2D eigenvalue weighted by molar-refractivity contribution is 14.1. The molecule has 1 saturated carbocycles. The van der Waals surface area contributed by atoms with E-state index in [0.717, 1.165) is 17.3 Å². The Labute approximate surface area is 111 Å². The van der Waals surface area contributed by atoms with Gasteiger partial charge in [0.2, 0.25) is 0 Å². The molecule has 0 amide bonds. The molecule has 3 heteroatoms. The van der Waals surface area contributed by atoms with Gasteiger partial charge in [-0.05, 0) is 59.5 Å². The van der Waals surface area contributed by atoms with Gasteiger partial charge in [0, 0.05) is 9.61 Å². The fourth-order valence-electron chi connectivity index (χ4n) is 2.45. The zero-order valence-electron chi connectivity index (χ0n) is 9.67. The fraction of sp³-hybridized carbons (Fsp3) is 0.538. The molecule has 2 nitrogen and oxygen atoms in total. The minimum atomic E-state index is 0.603. The molecule has 0 aliphatic heterocycles. The van der Waals surface area contributed by atoms with Crippen molar-refractivity contribution < 1.29 is 0 Å². The molecule has 88 valence electrons. The second-order valence-corrected chi connectivity index (χ2v) is 6.09. The second kappa shape index (κ2) is 5.25. The van der Waals surface area contributed by atoms with Crippen LogP contribution in [0.1, 0.15) is 32.6 Å². The first-order chi connectivity index (χ1) is 7.65. The summed E-state index contributed by atoms with van der Waals surface area (Å²) in [4.78, 5) is 0. The minimum Gasteiger partial charge on any atom is -0.397 e. The Hall–Kier alpha value is -0.450. The van der Waals surface area contributed by atoms with E-state index in [-0.39, 0.29) is 0 Å². The van der Waals surface area contributed by atoms with Crippen molar-refractivity contribution in [2.45, 2.75) is 38.6 Å². The van der Waals surface area contributed by atoms with E-state index in [0.29, 0.717) is 6.04 Å². The average Bonchev–Trinajstić information content (AvgIpc) is 2.22. The Bertz CT molecular complexity index is 365. The maximum atomic E-state index is 6.01. The molecule has 3 N–H and O–H groups in total. The normalized spacial score (nSPS) is 25.4. The number of nitrogens with one attached hydrogen (secondary N) is 1. The molecular formula is C13H19IN2. The number of hydrogen-bond acceptors (Lipinski definition) is 2. The lowest BCUT2D eigenvalue weighted by Crippen LogP contribution is -2.26. The number of rotatable bonds is 2. The van der Waals surface area contributed by atoms with Gasteiger partial charge in [0.1, 0.15) is 0 Å². The van der Waals surface area contributed by atoms with Gasteiger partial charge in [-0.25, -0.2) is 0 Å². The molecular weight excluding hydrogens is 311 g/mol. The highest BCUT2D eigenvalue weighted by Crippen LogP contribution is 2.28. The number of nitrogen functional groups attached to an aromatic ring is 1. The van der Waals surface area contributed by atoms with Gasteiger partial charge in [0.25, 0.3) is 0 Å². The first-order valence-corrected chi connectivity index (χ1v) is 7.04. The summed E-state index contributed by atoms with van der Waals surface area (Å²) < 4.78 is 1.19. The number of anilines is 2. The first-order valence-electron chi connectivity index (χ1n) is 5.96. The zero-order valence-corrected chi connectivity index (χ0v) is 11.8. The molecule has 1 aromatic rings. The van der Waals surface area contributed by atoms with Crippen LogP contribution in [0.25, 0.3) is 0 Å². The van der Waals surface area contributed by atoms with E-state index in [1.54, 1.807) is 0 Å². The molecule has 0 saturated heterocycles. The number of hydrogen-bond donors (Lipinski definition) is 2. The molecule has 0 bridgehead atoms. The third-order valence-electron chi connectivity index (χ3n) is 3.31. The summed E-state index contributed by atoms with van der Waals surface area (Å²) in [7, 11) is 0. The predicted octanol–water partition coefficient (Wildman–Crippen LogP) is 3.86. The lowest BCUT2D eigenvalue weighted by Gasteiger charge is -2.28. The van der Waals surface area contributed by atoms with Crippen molar-refractivity contribution >= 4 is 34.0 Å². The van der Waals surface area contributed by atoms with Gasteiger partial charge < -0.3 is 11.1 Å². The molecule has 2 rings (SSSR count). The van der Waals surface area contributed by atoms with Crippen molar-refractivity contribution in [1.82, 2.24) is 0 Å². The van der Waals surface area contributed by atoms with E-state index in [1.165, 1.54) is 29.3 Å². The van der Waals surface area contributed by atoms with E-state index in [4.69, 9.17) is 5.73 Å². The van der Waals surface area contributed by atoms with E-state index >= 15 is 0 Å². The zero-order chi connectivity index (χ0) is 11.5. The summed E-state index contributed by atoms with van der Waals surface area (Å²) >= 11 is 2.29. The van der Waals surface area contributed by atoms with Crippen LogP contribution in [0.5, 0.6) is 0 Å². The third-order valence-corrected chi connectivity index (χ3v) is 3.98. The lowest BCUT2D eigenvalue weighted by molar-refractivity contribution is 0.359. The predicted molar refractivity (Wildman–Crippen MR) is 78.6 cm³/mol. The molecule has 2 atom stereocenters. The Kier molecular flexibility index (Phi) is 3.95. The topological polar surface area (TPSA) is 38.0 Å². The Morgan fingerprint density at radius 1 is 1.38 bits per heavy atom. The SMILES string of the molecule is CC1CCCC(Nc2ccc(I)cc2N)C1. The molecule has 0 radical (unpaired) electrons.